The molecule has 0 aliphatic carbocycles. The number of fused-ring (bicyclic) bond motifs is 2. The molecule has 0 fully saturated rings. The number of nitrogens with one attached hydrogen (secondary N) is 1. The maximum Gasteiger partial charge on any atom is 0.184 e. The van der Waals surface area contributed by atoms with E-state index in [1.807, 2.05) is 48.5 Å². The minimum Gasteiger partial charge on any atom is -0.496 e. The van der Waals surface area contributed by atoms with Gasteiger partial charge in [-0.25, -0.2) is 4.98 Å². The fourth-order valence-corrected chi connectivity index (χ4v) is 4.07. The van der Waals surface area contributed by atoms with E-state index in [4.69, 9.17) is 21.1 Å². The first-order valence-corrected chi connectivity index (χ1v) is 9.31. The van der Waals surface area contributed by atoms with Crippen LogP contribution in [0.25, 0.3) is 21.0 Å². The number of rotatable bonds is 5. The van der Waals surface area contributed by atoms with Crippen LogP contribution >= 0.6 is 22.9 Å². The van der Waals surface area contributed by atoms with Crippen molar-refractivity contribution < 1.29 is 9.47 Å². The number of thiazole rings is 1. The van der Waals surface area contributed by atoms with E-state index in [1.54, 1.807) is 25.6 Å². The lowest BCUT2D eigenvalue weighted by atomic mass is 10.0. The third-order valence-electron chi connectivity index (χ3n) is 4.24. The van der Waals surface area contributed by atoms with Crippen LogP contribution in [0.3, 0.4) is 0 Å². The molecule has 0 aliphatic heterocycles. The van der Waals surface area contributed by atoms with Crippen LogP contribution in [0.5, 0.6) is 11.5 Å². The van der Waals surface area contributed by atoms with Crippen molar-refractivity contribution in [3.8, 4) is 11.5 Å². The normalized spacial score (nSPS) is 11.0. The number of hydrogen-bond donors (Lipinski definition) is 1. The summed E-state index contributed by atoms with van der Waals surface area (Å²) in [4.78, 5) is 4.60. The van der Waals surface area contributed by atoms with Crippen LogP contribution in [-0.4, -0.2) is 19.2 Å². The highest BCUT2D eigenvalue weighted by molar-refractivity contribution is 7.22. The lowest BCUT2D eigenvalue weighted by molar-refractivity contribution is 0.407. The summed E-state index contributed by atoms with van der Waals surface area (Å²) in [5.41, 5.74) is 1.91. The Morgan fingerprint density at radius 2 is 1.85 bits per heavy atom. The Bertz CT molecular complexity index is 1090. The highest BCUT2D eigenvalue weighted by Crippen LogP contribution is 2.37. The number of hydrogen-bond acceptors (Lipinski definition) is 5. The van der Waals surface area contributed by atoms with Gasteiger partial charge in [-0.3, -0.25) is 0 Å². The van der Waals surface area contributed by atoms with Crippen LogP contribution in [0, 0.1) is 0 Å². The van der Waals surface area contributed by atoms with Gasteiger partial charge < -0.3 is 14.8 Å². The van der Waals surface area contributed by atoms with Gasteiger partial charge in [0.25, 0.3) is 0 Å². The number of aromatic nitrogens is 1. The predicted octanol–water partition coefficient (Wildman–Crippen LogP) is 5.73. The molecule has 0 saturated heterocycles. The van der Waals surface area contributed by atoms with Gasteiger partial charge in [-0.05, 0) is 24.3 Å². The zero-order chi connectivity index (χ0) is 18.1. The van der Waals surface area contributed by atoms with Crippen LogP contribution in [0.2, 0.25) is 5.02 Å². The summed E-state index contributed by atoms with van der Waals surface area (Å²) in [6, 6.07) is 15.8. The minimum absolute atomic E-state index is 0.581. The summed E-state index contributed by atoms with van der Waals surface area (Å²) in [7, 11) is 3.38. The Hall–Kier alpha value is -2.50. The van der Waals surface area contributed by atoms with Crippen molar-refractivity contribution in [1.29, 1.82) is 0 Å². The Morgan fingerprint density at radius 3 is 2.62 bits per heavy atom. The van der Waals surface area contributed by atoms with Gasteiger partial charge in [-0.2, -0.15) is 0 Å². The van der Waals surface area contributed by atoms with Crippen LogP contribution < -0.4 is 14.8 Å². The second-order valence-corrected chi connectivity index (χ2v) is 7.27. The summed E-state index contributed by atoms with van der Waals surface area (Å²) in [6.07, 6.45) is 0. The summed E-state index contributed by atoms with van der Waals surface area (Å²) in [5, 5.41) is 6.99. The Kier molecular flexibility index (Phi) is 4.57. The van der Waals surface area contributed by atoms with Crippen molar-refractivity contribution in [2.45, 2.75) is 6.54 Å². The van der Waals surface area contributed by atoms with Crippen LogP contribution in [0.1, 0.15) is 5.56 Å². The van der Waals surface area contributed by atoms with E-state index in [0.717, 1.165) is 43.2 Å². The second kappa shape index (κ2) is 7.02. The average Bonchev–Trinajstić information content (AvgIpc) is 3.07. The van der Waals surface area contributed by atoms with Crippen molar-refractivity contribution in [3.05, 3.63) is 59.1 Å². The lowest BCUT2D eigenvalue weighted by Crippen LogP contribution is -2.03. The molecule has 1 N–H and O–H groups in total. The molecule has 0 spiro atoms. The Balaban J connectivity index is 1.69. The van der Waals surface area contributed by atoms with Crippen molar-refractivity contribution in [2.75, 3.05) is 19.5 Å². The maximum atomic E-state index is 6.04. The first-order chi connectivity index (χ1) is 12.7. The quantitative estimate of drug-likeness (QED) is 0.477. The zero-order valence-corrected chi connectivity index (χ0v) is 15.9. The Morgan fingerprint density at radius 1 is 1.04 bits per heavy atom. The second-order valence-electron chi connectivity index (χ2n) is 5.80. The molecule has 0 amide bonds. The lowest BCUT2D eigenvalue weighted by Gasteiger charge is -2.15. The van der Waals surface area contributed by atoms with Gasteiger partial charge in [0, 0.05) is 27.9 Å². The van der Waals surface area contributed by atoms with Gasteiger partial charge in [0.2, 0.25) is 0 Å². The van der Waals surface area contributed by atoms with Gasteiger partial charge in [0.15, 0.2) is 5.13 Å². The van der Waals surface area contributed by atoms with E-state index in [-0.39, 0.29) is 0 Å². The van der Waals surface area contributed by atoms with E-state index in [0.29, 0.717) is 11.6 Å². The molecule has 0 saturated carbocycles. The molecule has 0 atom stereocenters. The molecule has 3 aromatic carbocycles. The summed E-state index contributed by atoms with van der Waals surface area (Å²) >= 11 is 7.64. The summed E-state index contributed by atoms with van der Waals surface area (Å²) in [5.74, 6) is 1.67. The molecule has 4 aromatic rings. The molecule has 6 heteroatoms. The standard InChI is InChI=1S/C20H17ClN2O2S/c1-24-17-9-12(19(25-2)15-6-4-3-5-14(15)17)11-22-20-23-16-10-13(21)7-8-18(16)26-20/h3-10H,11H2,1-2H3,(H,22,23). The maximum absolute atomic E-state index is 6.04. The van der Waals surface area contributed by atoms with E-state index in [9.17, 15) is 0 Å². The van der Waals surface area contributed by atoms with Crippen LogP contribution in [-0.2, 0) is 6.54 Å². The molecule has 0 aliphatic rings. The molecule has 4 nitrogen and oxygen atoms in total. The van der Waals surface area contributed by atoms with E-state index >= 15 is 0 Å². The molecule has 0 bridgehead atoms. The van der Waals surface area contributed by atoms with Gasteiger partial charge in [0.1, 0.15) is 11.5 Å². The van der Waals surface area contributed by atoms with Crippen LogP contribution in [0.15, 0.2) is 48.5 Å². The summed E-state index contributed by atoms with van der Waals surface area (Å²) in [6.45, 7) is 0.581. The monoisotopic (exact) mass is 384 g/mol. The molecular weight excluding hydrogens is 368 g/mol. The minimum atomic E-state index is 0.581. The van der Waals surface area contributed by atoms with Gasteiger partial charge in [-0.1, -0.05) is 47.2 Å². The van der Waals surface area contributed by atoms with Crippen LogP contribution in [0.4, 0.5) is 5.13 Å². The molecule has 0 unspecified atom stereocenters. The SMILES string of the molecule is COc1cc(CNc2nc3cc(Cl)ccc3s2)c(OC)c2ccccc12. The molecule has 1 heterocycles. The number of anilines is 1. The average molecular weight is 385 g/mol. The molecule has 26 heavy (non-hydrogen) atoms. The van der Waals surface area contributed by atoms with Crippen molar-refractivity contribution in [3.63, 3.8) is 0 Å². The number of methoxy groups -OCH3 is 2. The molecule has 4 rings (SSSR count). The number of nitrogens with zero attached hydrogens (tertiary/aromatic N) is 1. The molecular formula is C20H17ClN2O2S. The largest absolute Gasteiger partial charge is 0.496 e. The first kappa shape index (κ1) is 16.9. The van der Waals surface area contributed by atoms with Gasteiger partial charge in [0.05, 0.1) is 24.4 Å². The first-order valence-electron chi connectivity index (χ1n) is 8.12. The van der Waals surface area contributed by atoms with Gasteiger partial charge >= 0.3 is 0 Å². The third-order valence-corrected chi connectivity index (χ3v) is 5.47. The zero-order valence-electron chi connectivity index (χ0n) is 14.4. The van der Waals surface area contributed by atoms with Crippen molar-refractivity contribution in [2.24, 2.45) is 0 Å². The van der Waals surface area contributed by atoms with Crippen molar-refractivity contribution >= 4 is 49.1 Å². The predicted molar refractivity (Wildman–Crippen MR) is 109 cm³/mol. The van der Waals surface area contributed by atoms with E-state index in [2.05, 4.69) is 10.3 Å². The fraction of sp³-hybridized carbons (Fsp3) is 0.150. The number of halogens is 1. The van der Waals surface area contributed by atoms with Gasteiger partial charge in [-0.15, -0.1) is 0 Å². The number of ether oxygens (including phenoxy) is 2. The highest BCUT2D eigenvalue weighted by atomic mass is 35.5. The molecule has 132 valence electrons. The highest BCUT2D eigenvalue weighted by Gasteiger charge is 2.14. The van der Waals surface area contributed by atoms with E-state index in [1.165, 1.54) is 0 Å². The fourth-order valence-electron chi connectivity index (χ4n) is 3.06. The summed E-state index contributed by atoms with van der Waals surface area (Å²) < 4.78 is 12.4. The Labute approximate surface area is 160 Å². The topological polar surface area (TPSA) is 43.4 Å². The smallest absolute Gasteiger partial charge is 0.184 e. The van der Waals surface area contributed by atoms with Crippen molar-refractivity contribution in [1.82, 2.24) is 4.98 Å². The molecule has 1 aromatic heterocycles. The number of benzene rings is 3. The third kappa shape index (κ3) is 3.04. The van der Waals surface area contributed by atoms with E-state index < -0.39 is 0 Å². The molecule has 0 radical (unpaired) electrons.